The smallest absolute Gasteiger partial charge is 0.224 e. The van der Waals surface area contributed by atoms with Gasteiger partial charge in [0, 0.05) is 12.1 Å². The summed E-state index contributed by atoms with van der Waals surface area (Å²) >= 11 is 0. The number of rotatable bonds is 5. The summed E-state index contributed by atoms with van der Waals surface area (Å²) in [5.41, 5.74) is 0.0365. The van der Waals surface area contributed by atoms with Crippen molar-refractivity contribution in [2.75, 3.05) is 6.54 Å². The Bertz CT molecular complexity index is 678. The van der Waals surface area contributed by atoms with Crippen LogP contribution in [-0.2, 0) is 16.0 Å². The highest BCUT2D eigenvalue weighted by molar-refractivity contribution is 5.78. The summed E-state index contributed by atoms with van der Waals surface area (Å²) in [7, 11) is 0. The second kappa shape index (κ2) is 6.82. The van der Waals surface area contributed by atoms with Gasteiger partial charge in [-0.2, -0.15) is 5.10 Å². The van der Waals surface area contributed by atoms with E-state index in [9.17, 15) is 13.6 Å². The fourth-order valence-electron chi connectivity index (χ4n) is 2.58. The Balaban J connectivity index is 1.47. The number of hydrogen-bond acceptors (Lipinski definition) is 4. The largest absolute Gasteiger partial charge is 0.365 e. The third-order valence-corrected chi connectivity index (χ3v) is 3.76. The highest BCUT2D eigenvalue weighted by Crippen LogP contribution is 2.29. The molecule has 23 heavy (non-hydrogen) atoms. The van der Waals surface area contributed by atoms with E-state index >= 15 is 0 Å². The molecule has 8 heteroatoms. The van der Waals surface area contributed by atoms with Gasteiger partial charge in [0.05, 0.1) is 12.5 Å². The minimum Gasteiger partial charge on any atom is -0.365 e. The SMILES string of the molecule is O=C(Cc1cccc(F)c1F)NC[C@H]1CC[C@@H](c2ncn[nH]2)O1. The Hall–Kier alpha value is -2.35. The summed E-state index contributed by atoms with van der Waals surface area (Å²) in [4.78, 5) is 15.9. The summed E-state index contributed by atoms with van der Waals surface area (Å²) in [5, 5.41) is 9.22. The molecule has 0 bridgehead atoms. The van der Waals surface area contributed by atoms with Crippen molar-refractivity contribution in [2.24, 2.45) is 0 Å². The first-order valence-electron chi connectivity index (χ1n) is 7.34. The highest BCUT2D eigenvalue weighted by Gasteiger charge is 2.28. The van der Waals surface area contributed by atoms with Gasteiger partial charge in [-0.05, 0) is 18.9 Å². The molecule has 0 saturated carbocycles. The maximum atomic E-state index is 13.5. The van der Waals surface area contributed by atoms with E-state index < -0.39 is 11.6 Å². The lowest BCUT2D eigenvalue weighted by atomic mass is 10.1. The fraction of sp³-hybridized carbons (Fsp3) is 0.400. The van der Waals surface area contributed by atoms with Crippen LogP contribution in [0.2, 0.25) is 0 Å². The lowest BCUT2D eigenvalue weighted by Gasteiger charge is -2.13. The van der Waals surface area contributed by atoms with Gasteiger partial charge in [0.15, 0.2) is 17.5 Å². The summed E-state index contributed by atoms with van der Waals surface area (Å²) in [5.74, 6) is -1.64. The Morgan fingerprint density at radius 1 is 1.39 bits per heavy atom. The van der Waals surface area contributed by atoms with Gasteiger partial charge in [-0.1, -0.05) is 12.1 Å². The average Bonchev–Trinajstić information content (AvgIpc) is 3.20. The van der Waals surface area contributed by atoms with Crippen molar-refractivity contribution in [1.29, 1.82) is 0 Å². The van der Waals surface area contributed by atoms with Crippen molar-refractivity contribution in [1.82, 2.24) is 20.5 Å². The van der Waals surface area contributed by atoms with Crippen LogP contribution in [0.25, 0.3) is 0 Å². The fourth-order valence-corrected chi connectivity index (χ4v) is 2.58. The van der Waals surface area contributed by atoms with Gasteiger partial charge >= 0.3 is 0 Å². The van der Waals surface area contributed by atoms with Crippen molar-refractivity contribution in [3.8, 4) is 0 Å². The van der Waals surface area contributed by atoms with E-state index in [2.05, 4.69) is 20.5 Å². The summed E-state index contributed by atoms with van der Waals surface area (Å²) in [6.45, 7) is 0.320. The normalized spacial score (nSPS) is 20.6. The number of carbonyl (C=O) groups excluding carboxylic acids is 1. The minimum absolute atomic E-state index is 0.0365. The van der Waals surface area contributed by atoms with Crippen molar-refractivity contribution < 1.29 is 18.3 Å². The van der Waals surface area contributed by atoms with Crippen molar-refractivity contribution >= 4 is 5.91 Å². The third-order valence-electron chi connectivity index (χ3n) is 3.76. The van der Waals surface area contributed by atoms with Crippen molar-refractivity contribution in [3.63, 3.8) is 0 Å². The van der Waals surface area contributed by atoms with E-state index in [1.807, 2.05) is 0 Å². The molecule has 1 aromatic heterocycles. The number of benzene rings is 1. The van der Waals surface area contributed by atoms with Gasteiger partial charge in [-0.25, -0.2) is 13.8 Å². The third kappa shape index (κ3) is 3.70. The van der Waals surface area contributed by atoms with Gasteiger partial charge < -0.3 is 10.1 Å². The first-order chi connectivity index (χ1) is 11.1. The van der Waals surface area contributed by atoms with Crippen LogP contribution in [0.15, 0.2) is 24.5 Å². The second-order valence-electron chi connectivity index (χ2n) is 5.39. The predicted molar refractivity (Wildman–Crippen MR) is 76.3 cm³/mol. The molecule has 1 amide bonds. The van der Waals surface area contributed by atoms with Crippen LogP contribution in [0, 0.1) is 11.6 Å². The Kier molecular flexibility index (Phi) is 4.61. The zero-order valence-electron chi connectivity index (χ0n) is 12.3. The van der Waals surface area contributed by atoms with Gasteiger partial charge in [0.25, 0.3) is 0 Å². The molecule has 0 unspecified atom stereocenters. The Morgan fingerprint density at radius 3 is 3.04 bits per heavy atom. The molecule has 0 radical (unpaired) electrons. The van der Waals surface area contributed by atoms with Crippen LogP contribution >= 0.6 is 0 Å². The van der Waals surface area contributed by atoms with Crippen LogP contribution in [-0.4, -0.2) is 33.7 Å². The number of aromatic nitrogens is 3. The van der Waals surface area contributed by atoms with E-state index in [1.54, 1.807) is 0 Å². The van der Waals surface area contributed by atoms with Crippen molar-refractivity contribution in [3.05, 3.63) is 47.5 Å². The standard InChI is InChI=1S/C15H16F2N4O2/c16-11-3-1-2-9(14(11)17)6-13(22)18-7-10-4-5-12(23-10)15-19-8-20-21-15/h1-3,8,10,12H,4-7H2,(H,18,22)(H,19,20,21)/t10-,12+/m1/s1. The number of carbonyl (C=O) groups is 1. The van der Waals surface area contributed by atoms with E-state index in [-0.39, 0.29) is 30.1 Å². The second-order valence-corrected chi connectivity index (χ2v) is 5.39. The first kappa shape index (κ1) is 15.5. The Morgan fingerprint density at radius 2 is 2.26 bits per heavy atom. The molecule has 0 spiro atoms. The van der Waals surface area contributed by atoms with Crippen LogP contribution in [0.3, 0.4) is 0 Å². The van der Waals surface area contributed by atoms with Gasteiger partial charge in [0.1, 0.15) is 12.4 Å². The van der Waals surface area contributed by atoms with E-state index in [1.165, 1.54) is 18.5 Å². The monoisotopic (exact) mass is 322 g/mol. The molecular weight excluding hydrogens is 306 g/mol. The molecule has 6 nitrogen and oxygen atoms in total. The van der Waals surface area contributed by atoms with E-state index in [4.69, 9.17) is 4.74 Å². The lowest BCUT2D eigenvalue weighted by molar-refractivity contribution is -0.121. The molecule has 2 N–H and O–H groups in total. The number of amides is 1. The predicted octanol–water partition coefficient (Wildman–Crippen LogP) is 1.66. The van der Waals surface area contributed by atoms with Gasteiger partial charge in [-0.15, -0.1) is 0 Å². The zero-order chi connectivity index (χ0) is 16.2. The quantitative estimate of drug-likeness (QED) is 0.877. The number of halogens is 2. The van der Waals surface area contributed by atoms with E-state index in [0.717, 1.165) is 18.9 Å². The van der Waals surface area contributed by atoms with Crippen molar-refractivity contribution in [2.45, 2.75) is 31.5 Å². The number of ether oxygens (including phenoxy) is 1. The van der Waals surface area contributed by atoms with E-state index in [0.29, 0.717) is 12.4 Å². The molecule has 122 valence electrons. The molecule has 1 fully saturated rings. The first-order valence-corrected chi connectivity index (χ1v) is 7.34. The molecule has 1 saturated heterocycles. The van der Waals surface area contributed by atoms with Gasteiger partial charge in [0.2, 0.25) is 5.91 Å². The Labute approximate surface area is 131 Å². The van der Waals surface area contributed by atoms with Gasteiger partial charge in [-0.3, -0.25) is 9.89 Å². The molecule has 1 aliphatic rings. The molecule has 0 aliphatic carbocycles. The molecular formula is C15H16F2N4O2. The summed E-state index contributed by atoms with van der Waals surface area (Å²) in [6.07, 6.45) is 2.49. The van der Waals surface area contributed by atoms with Crippen LogP contribution in [0.5, 0.6) is 0 Å². The molecule has 1 aromatic carbocycles. The number of aromatic amines is 1. The number of hydrogen-bond donors (Lipinski definition) is 2. The maximum absolute atomic E-state index is 13.5. The highest BCUT2D eigenvalue weighted by atomic mass is 19.2. The van der Waals surface area contributed by atoms with Crippen LogP contribution in [0.4, 0.5) is 8.78 Å². The summed E-state index contributed by atoms with van der Waals surface area (Å²) < 4.78 is 32.4. The van der Waals surface area contributed by atoms with Crippen LogP contribution < -0.4 is 5.32 Å². The number of nitrogens with one attached hydrogen (secondary N) is 2. The summed E-state index contributed by atoms with van der Waals surface area (Å²) in [6, 6.07) is 3.79. The molecule has 3 rings (SSSR count). The topological polar surface area (TPSA) is 79.9 Å². The van der Waals surface area contributed by atoms with Crippen LogP contribution in [0.1, 0.15) is 30.3 Å². The number of H-pyrrole nitrogens is 1. The lowest BCUT2D eigenvalue weighted by Crippen LogP contribution is -2.33. The molecule has 1 aliphatic heterocycles. The molecule has 2 atom stereocenters. The minimum atomic E-state index is -0.981. The zero-order valence-corrected chi connectivity index (χ0v) is 12.3. The average molecular weight is 322 g/mol. The molecule has 2 aromatic rings. The number of nitrogens with zero attached hydrogens (tertiary/aromatic N) is 2. The molecule has 2 heterocycles. The maximum Gasteiger partial charge on any atom is 0.224 e.